The molecule has 0 saturated carbocycles. The number of ether oxygens (including phenoxy) is 4. The van der Waals surface area contributed by atoms with Crippen LogP contribution in [0, 0.1) is 0 Å². The Kier molecular flexibility index (Phi) is 6.39. The average molecular weight is 460 g/mol. The van der Waals surface area contributed by atoms with E-state index in [1.54, 1.807) is 0 Å². The molecule has 1 aliphatic rings. The summed E-state index contributed by atoms with van der Waals surface area (Å²) in [4.78, 5) is 38.9. The maximum atomic E-state index is 11.8. The molecule has 0 unspecified atom stereocenters. The highest BCUT2D eigenvalue weighted by Gasteiger charge is 2.51. The first kappa shape index (κ1) is 22.1. The third kappa shape index (κ3) is 4.45. The van der Waals surface area contributed by atoms with Gasteiger partial charge in [-0.25, -0.2) is 4.98 Å². The number of esters is 3. The average Bonchev–Trinajstić information content (AvgIpc) is 3.10. The highest BCUT2D eigenvalue weighted by molar-refractivity contribution is 6.42. The van der Waals surface area contributed by atoms with E-state index in [2.05, 4.69) is 4.98 Å². The van der Waals surface area contributed by atoms with Gasteiger partial charge < -0.3 is 24.7 Å². The molecule has 1 aliphatic heterocycles. The van der Waals surface area contributed by atoms with Crippen molar-refractivity contribution in [2.45, 2.75) is 45.3 Å². The van der Waals surface area contributed by atoms with E-state index in [1.165, 1.54) is 37.5 Å². The van der Waals surface area contributed by atoms with Crippen molar-refractivity contribution in [1.82, 2.24) is 9.55 Å². The van der Waals surface area contributed by atoms with Crippen molar-refractivity contribution >= 4 is 58.1 Å². The molecule has 162 valence electrons. The van der Waals surface area contributed by atoms with Crippen molar-refractivity contribution < 1.29 is 33.3 Å². The van der Waals surface area contributed by atoms with Gasteiger partial charge in [0.25, 0.3) is 0 Å². The number of halogens is 2. The number of fused-ring (bicyclic) bond motifs is 1. The van der Waals surface area contributed by atoms with Crippen molar-refractivity contribution in [2.75, 3.05) is 12.3 Å². The number of rotatable bonds is 5. The van der Waals surface area contributed by atoms with E-state index in [4.69, 9.17) is 47.9 Å². The Bertz CT molecular complexity index is 1010. The van der Waals surface area contributed by atoms with E-state index in [1.807, 2.05) is 0 Å². The maximum Gasteiger partial charge on any atom is 0.303 e. The van der Waals surface area contributed by atoms with Gasteiger partial charge >= 0.3 is 17.9 Å². The van der Waals surface area contributed by atoms with Crippen LogP contribution in [0.15, 0.2) is 12.1 Å². The van der Waals surface area contributed by atoms with Gasteiger partial charge in [-0.1, -0.05) is 23.2 Å². The normalized spacial score (nSPS) is 23.4. The first-order chi connectivity index (χ1) is 14.1. The SMILES string of the molecule is CC(=O)OC[C@@H]1O[C@H](n2c(N)nc3cc(Cl)c(Cl)cc32)[C@@H](OC(C)=O)[C@H]1OC(C)=O. The molecule has 4 atom stereocenters. The second-order valence-electron chi connectivity index (χ2n) is 6.61. The van der Waals surface area contributed by atoms with Gasteiger partial charge in [0.1, 0.15) is 12.7 Å². The Morgan fingerprint density at radius 2 is 1.67 bits per heavy atom. The van der Waals surface area contributed by atoms with E-state index < -0.39 is 42.4 Å². The molecule has 2 heterocycles. The predicted molar refractivity (Wildman–Crippen MR) is 106 cm³/mol. The van der Waals surface area contributed by atoms with Gasteiger partial charge in [0.05, 0.1) is 21.1 Å². The Morgan fingerprint density at radius 3 is 2.27 bits per heavy atom. The van der Waals surface area contributed by atoms with Crippen molar-refractivity contribution in [3.63, 3.8) is 0 Å². The smallest absolute Gasteiger partial charge is 0.303 e. The molecule has 1 fully saturated rings. The Labute approximate surface area is 181 Å². The molecule has 2 aromatic rings. The van der Waals surface area contributed by atoms with Crippen LogP contribution in [-0.4, -0.2) is 52.4 Å². The van der Waals surface area contributed by atoms with Crippen LogP contribution in [0.5, 0.6) is 0 Å². The number of anilines is 1. The molecule has 0 amide bonds. The summed E-state index contributed by atoms with van der Waals surface area (Å²) in [7, 11) is 0. The van der Waals surface area contributed by atoms with Crippen molar-refractivity contribution in [2.24, 2.45) is 0 Å². The van der Waals surface area contributed by atoms with Crippen LogP contribution in [0.25, 0.3) is 11.0 Å². The molecule has 0 radical (unpaired) electrons. The molecule has 10 nitrogen and oxygen atoms in total. The third-order valence-electron chi connectivity index (χ3n) is 4.35. The number of hydrogen-bond acceptors (Lipinski definition) is 9. The van der Waals surface area contributed by atoms with Crippen LogP contribution in [-0.2, 0) is 33.3 Å². The number of benzene rings is 1. The lowest BCUT2D eigenvalue weighted by atomic mass is 10.1. The molecule has 2 N–H and O–H groups in total. The van der Waals surface area contributed by atoms with Crippen LogP contribution >= 0.6 is 23.2 Å². The number of aromatic nitrogens is 2. The molecule has 30 heavy (non-hydrogen) atoms. The maximum absolute atomic E-state index is 11.8. The molecule has 1 aromatic heterocycles. The molecule has 1 saturated heterocycles. The van der Waals surface area contributed by atoms with Crippen molar-refractivity contribution in [3.8, 4) is 0 Å². The summed E-state index contributed by atoms with van der Waals surface area (Å²) in [5.74, 6) is -1.79. The van der Waals surface area contributed by atoms with Crippen LogP contribution < -0.4 is 5.73 Å². The molecule has 12 heteroatoms. The fourth-order valence-electron chi connectivity index (χ4n) is 3.28. The molecular formula is C18H19Cl2N3O7. The second kappa shape index (κ2) is 8.66. The summed E-state index contributed by atoms with van der Waals surface area (Å²) in [5, 5.41) is 0.531. The largest absolute Gasteiger partial charge is 0.463 e. The number of hydrogen-bond donors (Lipinski definition) is 1. The molecule has 0 spiro atoms. The van der Waals surface area contributed by atoms with Gasteiger partial charge in [0.15, 0.2) is 18.4 Å². The van der Waals surface area contributed by atoms with E-state index >= 15 is 0 Å². The van der Waals surface area contributed by atoms with E-state index in [-0.39, 0.29) is 22.6 Å². The van der Waals surface area contributed by atoms with E-state index in [0.717, 1.165) is 0 Å². The first-order valence-corrected chi connectivity index (χ1v) is 9.59. The minimum absolute atomic E-state index is 0.0280. The lowest BCUT2D eigenvalue weighted by Crippen LogP contribution is -2.40. The summed E-state index contributed by atoms with van der Waals surface area (Å²) in [6.07, 6.45) is -4.12. The quantitative estimate of drug-likeness (QED) is 0.527. The zero-order chi connectivity index (χ0) is 22.2. The number of imidazole rings is 1. The highest BCUT2D eigenvalue weighted by atomic mass is 35.5. The van der Waals surface area contributed by atoms with E-state index in [9.17, 15) is 14.4 Å². The summed E-state index contributed by atoms with van der Waals surface area (Å²) >= 11 is 12.2. The van der Waals surface area contributed by atoms with Gasteiger partial charge in [-0.3, -0.25) is 19.0 Å². The summed E-state index contributed by atoms with van der Waals surface area (Å²) in [5.41, 5.74) is 6.98. The topological polar surface area (TPSA) is 132 Å². The number of nitrogens with zero attached hydrogens (tertiary/aromatic N) is 2. The zero-order valence-electron chi connectivity index (χ0n) is 16.3. The number of nitrogens with two attached hydrogens (primary N) is 1. The summed E-state index contributed by atoms with van der Waals surface area (Å²) < 4.78 is 23.2. The summed E-state index contributed by atoms with van der Waals surface area (Å²) in [6, 6.07) is 3.07. The zero-order valence-corrected chi connectivity index (χ0v) is 17.8. The monoisotopic (exact) mass is 459 g/mol. The van der Waals surface area contributed by atoms with Crippen LogP contribution in [0.2, 0.25) is 10.0 Å². The minimum Gasteiger partial charge on any atom is -0.463 e. The Morgan fingerprint density at radius 1 is 1.07 bits per heavy atom. The van der Waals surface area contributed by atoms with Gasteiger partial charge in [-0.15, -0.1) is 0 Å². The lowest BCUT2D eigenvalue weighted by molar-refractivity contribution is -0.166. The molecule has 0 aliphatic carbocycles. The van der Waals surface area contributed by atoms with Crippen molar-refractivity contribution in [1.29, 1.82) is 0 Å². The van der Waals surface area contributed by atoms with Crippen molar-refractivity contribution in [3.05, 3.63) is 22.2 Å². The lowest BCUT2D eigenvalue weighted by Gasteiger charge is -2.24. The number of nitrogen functional groups attached to an aromatic ring is 1. The Hall–Kier alpha value is -2.56. The molecular weight excluding hydrogens is 441 g/mol. The highest BCUT2D eigenvalue weighted by Crippen LogP contribution is 2.39. The molecule has 0 bridgehead atoms. The van der Waals surface area contributed by atoms with Gasteiger partial charge in [-0.05, 0) is 12.1 Å². The fourth-order valence-corrected chi connectivity index (χ4v) is 3.59. The number of carbonyl (C=O) groups is 3. The molecule has 3 rings (SSSR count). The first-order valence-electron chi connectivity index (χ1n) is 8.84. The van der Waals surface area contributed by atoms with Gasteiger partial charge in [-0.2, -0.15) is 0 Å². The van der Waals surface area contributed by atoms with Gasteiger partial charge in [0, 0.05) is 20.8 Å². The number of carbonyl (C=O) groups excluding carboxylic acids is 3. The standard InChI is InChI=1S/C18H19Cl2N3O7/c1-7(24)27-6-14-15(28-8(2)25)16(29-9(3)26)17(30-14)23-13-5-11(20)10(19)4-12(13)22-18(23)21/h4-5,14-17H,6H2,1-3H3,(H2,21,22)/t14-,15-,16-,17-/m0/s1. The summed E-state index contributed by atoms with van der Waals surface area (Å²) in [6.45, 7) is 3.39. The predicted octanol–water partition coefficient (Wildman–Crippen LogP) is 2.25. The fraction of sp³-hybridized carbons (Fsp3) is 0.444. The Balaban J connectivity index is 2.09. The third-order valence-corrected chi connectivity index (χ3v) is 5.08. The van der Waals surface area contributed by atoms with Crippen LogP contribution in [0.4, 0.5) is 5.95 Å². The minimum atomic E-state index is -1.10. The van der Waals surface area contributed by atoms with Crippen LogP contribution in [0.3, 0.4) is 0 Å². The second-order valence-corrected chi connectivity index (χ2v) is 7.43. The van der Waals surface area contributed by atoms with Gasteiger partial charge in [0.2, 0.25) is 5.95 Å². The van der Waals surface area contributed by atoms with E-state index in [0.29, 0.717) is 11.0 Å². The molecule has 1 aromatic carbocycles. The van der Waals surface area contributed by atoms with Crippen LogP contribution in [0.1, 0.15) is 27.0 Å².